The third kappa shape index (κ3) is 1.94. The molecule has 2 rings (SSSR count). The first-order valence-electron chi connectivity index (χ1n) is 5.34. The van der Waals surface area contributed by atoms with Crippen LogP contribution in [0.4, 0.5) is 0 Å². The minimum Gasteiger partial charge on any atom is -0.326 e. The van der Waals surface area contributed by atoms with Gasteiger partial charge < -0.3 is 10.6 Å². The lowest BCUT2D eigenvalue weighted by Crippen LogP contribution is -2.35. The molecule has 1 unspecified atom stereocenters. The van der Waals surface area contributed by atoms with E-state index >= 15 is 0 Å². The molecular weight excluding hydrogens is 208 g/mol. The van der Waals surface area contributed by atoms with E-state index in [1.807, 2.05) is 7.05 Å². The van der Waals surface area contributed by atoms with Crippen LogP contribution in [0, 0.1) is 0 Å². The molecule has 0 aliphatic carbocycles. The van der Waals surface area contributed by atoms with Crippen LogP contribution >= 0.6 is 0 Å². The van der Waals surface area contributed by atoms with Gasteiger partial charge in [-0.1, -0.05) is 0 Å². The molecular formula is C10H16N4O2. The van der Waals surface area contributed by atoms with Crippen LogP contribution < -0.4 is 17.0 Å². The molecule has 0 aromatic carbocycles. The summed E-state index contributed by atoms with van der Waals surface area (Å²) in [6.45, 7) is 1.95. The zero-order valence-corrected chi connectivity index (χ0v) is 9.27. The van der Waals surface area contributed by atoms with Crippen molar-refractivity contribution in [3.05, 3.63) is 32.6 Å². The zero-order chi connectivity index (χ0) is 11.7. The van der Waals surface area contributed by atoms with Gasteiger partial charge in [0.25, 0.3) is 5.56 Å². The van der Waals surface area contributed by atoms with Crippen molar-refractivity contribution < 1.29 is 0 Å². The lowest BCUT2D eigenvalue weighted by atomic mass is 10.2. The summed E-state index contributed by atoms with van der Waals surface area (Å²) in [6.07, 6.45) is 2.51. The number of likely N-dealkylation sites (N-methyl/N-ethyl adjacent to an activating group) is 1. The topological polar surface area (TPSA) is 84.1 Å². The molecule has 1 fully saturated rings. The first-order valence-corrected chi connectivity index (χ1v) is 5.34. The standard InChI is InChI=1S/C10H16N4O2/c1-13-3-2-8(6-13)14-5-7(4-11)9(15)12-10(14)16/h5,8H,2-4,6,11H2,1H3,(H,12,15,16). The van der Waals surface area contributed by atoms with Crippen molar-refractivity contribution in [1.29, 1.82) is 0 Å². The summed E-state index contributed by atoms with van der Waals surface area (Å²) >= 11 is 0. The molecule has 6 heteroatoms. The molecule has 1 saturated heterocycles. The molecule has 0 radical (unpaired) electrons. The lowest BCUT2D eigenvalue weighted by molar-refractivity contribution is 0.387. The minimum atomic E-state index is -0.380. The number of nitrogens with one attached hydrogen (secondary N) is 1. The van der Waals surface area contributed by atoms with Crippen LogP contribution in [-0.2, 0) is 6.54 Å². The molecule has 0 bridgehead atoms. The predicted molar refractivity (Wildman–Crippen MR) is 60.4 cm³/mol. The fourth-order valence-corrected chi connectivity index (χ4v) is 2.08. The van der Waals surface area contributed by atoms with E-state index in [0.717, 1.165) is 19.5 Å². The molecule has 0 amide bonds. The van der Waals surface area contributed by atoms with Gasteiger partial charge in [-0.3, -0.25) is 14.3 Å². The van der Waals surface area contributed by atoms with Gasteiger partial charge in [0.2, 0.25) is 0 Å². The maximum atomic E-state index is 11.6. The Morgan fingerprint density at radius 1 is 1.56 bits per heavy atom. The molecule has 1 aliphatic rings. The van der Waals surface area contributed by atoms with Crippen molar-refractivity contribution >= 4 is 0 Å². The van der Waals surface area contributed by atoms with Crippen molar-refractivity contribution in [2.45, 2.75) is 19.0 Å². The molecule has 0 saturated carbocycles. The molecule has 16 heavy (non-hydrogen) atoms. The molecule has 3 N–H and O–H groups in total. The van der Waals surface area contributed by atoms with E-state index in [1.165, 1.54) is 0 Å². The Kier molecular flexibility index (Phi) is 2.93. The number of hydrogen-bond acceptors (Lipinski definition) is 4. The van der Waals surface area contributed by atoms with Gasteiger partial charge in [-0.25, -0.2) is 4.79 Å². The van der Waals surface area contributed by atoms with Crippen LogP contribution in [0.15, 0.2) is 15.8 Å². The van der Waals surface area contributed by atoms with Gasteiger partial charge in [-0.05, 0) is 20.0 Å². The molecule has 1 aromatic heterocycles. The SMILES string of the molecule is CN1CCC(n2cc(CN)c(=O)[nH]c2=O)C1. The van der Waals surface area contributed by atoms with Gasteiger partial charge in [0.05, 0.1) is 6.04 Å². The van der Waals surface area contributed by atoms with E-state index in [2.05, 4.69) is 9.88 Å². The van der Waals surface area contributed by atoms with E-state index in [1.54, 1.807) is 10.8 Å². The van der Waals surface area contributed by atoms with Crippen LogP contribution in [0.2, 0.25) is 0 Å². The maximum absolute atomic E-state index is 11.6. The quantitative estimate of drug-likeness (QED) is 0.666. The highest BCUT2D eigenvalue weighted by atomic mass is 16.2. The number of nitrogens with two attached hydrogens (primary N) is 1. The summed E-state index contributed by atoms with van der Waals surface area (Å²) in [5.74, 6) is 0. The Hall–Kier alpha value is -1.40. The van der Waals surface area contributed by atoms with Crippen molar-refractivity contribution in [2.24, 2.45) is 5.73 Å². The third-order valence-electron chi connectivity index (χ3n) is 3.02. The molecule has 6 nitrogen and oxygen atoms in total. The Morgan fingerprint density at radius 3 is 2.88 bits per heavy atom. The molecule has 88 valence electrons. The van der Waals surface area contributed by atoms with E-state index in [0.29, 0.717) is 5.56 Å². The Bertz CT molecular complexity index is 490. The third-order valence-corrected chi connectivity index (χ3v) is 3.02. The maximum Gasteiger partial charge on any atom is 0.328 e. The smallest absolute Gasteiger partial charge is 0.326 e. The normalized spacial score (nSPS) is 21.5. The average Bonchev–Trinajstić information content (AvgIpc) is 2.65. The second kappa shape index (κ2) is 4.23. The van der Waals surface area contributed by atoms with Crippen molar-refractivity contribution in [2.75, 3.05) is 20.1 Å². The highest BCUT2D eigenvalue weighted by molar-refractivity contribution is 5.05. The Balaban J connectivity index is 2.41. The number of aromatic nitrogens is 2. The highest BCUT2D eigenvalue weighted by Crippen LogP contribution is 2.17. The summed E-state index contributed by atoms with van der Waals surface area (Å²) in [7, 11) is 2.01. The number of likely N-dealkylation sites (tertiary alicyclic amines) is 1. The van der Waals surface area contributed by atoms with Crippen LogP contribution in [0.1, 0.15) is 18.0 Å². The number of H-pyrrole nitrogens is 1. The van der Waals surface area contributed by atoms with E-state index < -0.39 is 0 Å². The molecule has 1 aromatic rings. The first-order chi connectivity index (χ1) is 7.61. The molecule has 1 aliphatic heterocycles. The molecule has 0 spiro atoms. The number of aromatic amines is 1. The van der Waals surface area contributed by atoms with Crippen molar-refractivity contribution in [1.82, 2.24) is 14.5 Å². The zero-order valence-electron chi connectivity index (χ0n) is 9.27. The largest absolute Gasteiger partial charge is 0.328 e. The van der Waals surface area contributed by atoms with Gasteiger partial charge in [0, 0.05) is 24.8 Å². The van der Waals surface area contributed by atoms with Crippen LogP contribution in [0.5, 0.6) is 0 Å². The van der Waals surface area contributed by atoms with E-state index in [-0.39, 0.29) is 23.8 Å². The summed E-state index contributed by atoms with van der Waals surface area (Å²) in [5, 5.41) is 0. The molecule has 1 atom stereocenters. The van der Waals surface area contributed by atoms with Gasteiger partial charge in [-0.2, -0.15) is 0 Å². The first kappa shape index (κ1) is 11.1. The van der Waals surface area contributed by atoms with Crippen molar-refractivity contribution in [3.8, 4) is 0 Å². The van der Waals surface area contributed by atoms with Gasteiger partial charge in [-0.15, -0.1) is 0 Å². The summed E-state index contributed by atoms with van der Waals surface area (Å²) in [5.41, 5.74) is 5.18. The van der Waals surface area contributed by atoms with Gasteiger partial charge in [0.15, 0.2) is 0 Å². The van der Waals surface area contributed by atoms with Crippen LogP contribution in [-0.4, -0.2) is 34.6 Å². The average molecular weight is 224 g/mol. The Morgan fingerprint density at radius 2 is 2.31 bits per heavy atom. The summed E-state index contributed by atoms with van der Waals surface area (Å²) in [6, 6.07) is 0.139. The van der Waals surface area contributed by atoms with Crippen molar-refractivity contribution in [3.63, 3.8) is 0 Å². The number of nitrogens with zero attached hydrogens (tertiary/aromatic N) is 2. The summed E-state index contributed by atoms with van der Waals surface area (Å²) in [4.78, 5) is 27.5. The van der Waals surface area contributed by atoms with Crippen LogP contribution in [0.25, 0.3) is 0 Å². The molecule has 2 heterocycles. The van der Waals surface area contributed by atoms with E-state index in [4.69, 9.17) is 5.73 Å². The second-order valence-corrected chi connectivity index (χ2v) is 4.23. The Labute approximate surface area is 92.7 Å². The van der Waals surface area contributed by atoms with Gasteiger partial charge >= 0.3 is 5.69 Å². The fourth-order valence-electron chi connectivity index (χ4n) is 2.08. The summed E-state index contributed by atoms with van der Waals surface area (Å²) < 4.78 is 1.59. The highest BCUT2D eigenvalue weighted by Gasteiger charge is 2.22. The minimum absolute atomic E-state index is 0.139. The lowest BCUT2D eigenvalue weighted by Gasteiger charge is -2.14. The van der Waals surface area contributed by atoms with Gasteiger partial charge in [0.1, 0.15) is 0 Å². The second-order valence-electron chi connectivity index (χ2n) is 4.23. The predicted octanol–water partition coefficient (Wildman–Crippen LogP) is -1.13. The van der Waals surface area contributed by atoms with E-state index in [9.17, 15) is 9.59 Å². The monoisotopic (exact) mass is 224 g/mol. The number of hydrogen-bond donors (Lipinski definition) is 2. The fraction of sp³-hybridized carbons (Fsp3) is 0.600. The van der Waals surface area contributed by atoms with Crippen LogP contribution in [0.3, 0.4) is 0 Å². The number of rotatable bonds is 2.